The fourth-order valence-corrected chi connectivity index (χ4v) is 6.37. The maximum atomic E-state index is 13.3. The molecule has 4 rings (SSSR count). The number of hydrogen-bond donors (Lipinski definition) is 1. The van der Waals surface area contributed by atoms with Crippen molar-refractivity contribution in [1.29, 1.82) is 0 Å². The highest BCUT2D eigenvalue weighted by Gasteiger charge is 2.54. The van der Waals surface area contributed by atoms with Gasteiger partial charge >= 0.3 is 6.03 Å². The molecule has 1 spiro atoms. The van der Waals surface area contributed by atoms with Gasteiger partial charge in [-0.3, -0.25) is 19.3 Å². The van der Waals surface area contributed by atoms with Gasteiger partial charge in [0.25, 0.3) is 5.91 Å². The van der Waals surface area contributed by atoms with E-state index in [0.29, 0.717) is 57.3 Å². The van der Waals surface area contributed by atoms with Gasteiger partial charge in [0.1, 0.15) is 12.1 Å². The second-order valence-electron chi connectivity index (χ2n) is 11.6. The lowest BCUT2D eigenvalue weighted by molar-refractivity contribution is -0.143. The molecule has 0 radical (unpaired) electrons. The minimum Gasteiger partial charge on any atom is -0.339 e. The first-order valence-electron chi connectivity index (χ1n) is 13.3. The number of carbonyl (C=O) groups excluding carboxylic acids is 4. The number of urea groups is 1. The maximum Gasteiger partial charge on any atom is 0.325 e. The van der Waals surface area contributed by atoms with Crippen molar-refractivity contribution in [2.45, 2.75) is 90.5 Å². The van der Waals surface area contributed by atoms with Crippen LogP contribution in [0.3, 0.4) is 0 Å². The van der Waals surface area contributed by atoms with Crippen LogP contribution in [0.15, 0.2) is 0 Å². The molecular weight excluding hydrogens is 432 g/mol. The quantitative estimate of drug-likeness (QED) is 0.599. The molecule has 5 amide bonds. The zero-order valence-electron chi connectivity index (χ0n) is 21.2. The number of piperazine rings is 1. The summed E-state index contributed by atoms with van der Waals surface area (Å²) in [5.74, 6) is 0.781. The van der Waals surface area contributed by atoms with Crippen LogP contribution in [0.4, 0.5) is 4.79 Å². The van der Waals surface area contributed by atoms with Crippen LogP contribution in [0.2, 0.25) is 0 Å². The molecule has 34 heavy (non-hydrogen) atoms. The Labute approximate surface area is 203 Å². The fraction of sp³-hybridized carbons (Fsp3) is 0.846. The molecule has 1 N–H and O–H groups in total. The molecular formula is C26H42N4O4. The number of carbonyl (C=O) groups is 4. The van der Waals surface area contributed by atoms with Crippen molar-refractivity contribution in [3.05, 3.63) is 0 Å². The Morgan fingerprint density at radius 1 is 0.941 bits per heavy atom. The van der Waals surface area contributed by atoms with Crippen molar-refractivity contribution in [1.82, 2.24) is 20.0 Å². The van der Waals surface area contributed by atoms with Crippen LogP contribution in [0.5, 0.6) is 0 Å². The molecule has 0 bridgehead atoms. The lowest BCUT2D eigenvalue weighted by atomic mass is 9.65. The van der Waals surface area contributed by atoms with Crippen molar-refractivity contribution in [3.63, 3.8) is 0 Å². The van der Waals surface area contributed by atoms with Crippen LogP contribution in [-0.4, -0.2) is 76.7 Å². The summed E-state index contributed by atoms with van der Waals surface area (Å²) in [6.07, 6.45) is 9.54. The SMILES string of the molecule is CCC(C)(C)C1CCC2(CC1)NC(=O)N(CC(=O)N1CCN(C(=O)CC3CCCC3)CC1)C2=O. The number of nitrogens with zero attached hydrogens (tertiary/aromatic N) is 3. The standard InChI is InChI=1S/C26H42N4O4/c1-4-25(2,3)20-9-11-26(12-10-20)23(33)30(24(34)27-26)18-22(32)29-15-13-28(14-16-29)21(31)17-19-7-5-6-8-19/h19-20H,4-18H2,1-3H3,(H,27,34). The fourth-order valence-electron chi connectivity index (χ4n) is 6.37. The second-order valence-corrected chi connectivity index (χ2v) is 11.6. The third-order valence-electron chi connectivity index (χ3n) is 9.32. The molecule has 0 aromatic heterocycles. The molecule has 8 nitrogen and oxygen atoms in total. The van der Waals surface area contributed by atoms with Crippen LogP contribution >= 0.6 is 0 Å². The van der Waals surface area contributed by atoms with Gasteiger partial charge in [0, 0.05) is 32.6 Å². The van der Waals surface area contributed by atoms with Gasteiger partial charge in [-0.25, -0.2) is 4.79 Å². The predicted octanol–water partition coefficient (Wildman–Crippen LogP) is 3.15. The van der Waals surface area contributed by atoms with E-state index in [0.717, 1.165) is 37.0 Å². The Hall–Kier alpha value is -2.12. The van der Waals surface area contributed by atoms with E-state index in [4.69, 9.17) is 0 Å². The number of amides is 5. The molecule has 0 aromatic carbocycles. The molecule has 4 aliphatic rings. The summed E-state index contributed by atoms with van der Waals surface area (Å²) < 4.78 is 0. The van der Waals surface area contributed by atoms with Crippen LogP contribution < -0.4 is 5.32 Å². The van der Waals surface area contributed by atoms with Gasteiger partial charge < -0.3 is 15.1 Å². The average molecular weight is 475 g/mol. The highest BCUT2D eigenvalue weighted by Crippen LogP contribution is 2.45. The smallest absolute Gasteiger partial charge is 0.325 e. The van der Waals surface area contributed by atoms with E-state index in [2.05, 4.69) is 26.1 Å². The van der Waals surface area contributed by atoms with E-state index in [1.54, 1.807) is 4.90 Å². The number of rotatable bonds is 6. The highest BCUT2D eigenvalue weighted by atomic mass is 16.2. The molecule has 0 aromatic rings. The van der Waals surface area contributed by atoms with E-state index in [1.807, 2.05) is 4.90 Å². The van der Waals surface area contributed by atoms with Gasteiger partial charge in [-0.2, -0.15) is 0 Å². The van der Waals surface area contributed by atoms with Gasteiger partial charge in [0.2, 0.25) is 11.8 Å². The van der Waals surface area contributed by atoms with Gasteiger partial charge in [-0.05, 0) is 55.8 Å². The van der Waals surface area contributed by atoms with Gasteiger partial charge in [-0.15, -0.1) is 0 Å². The van der Waals surface area contributed by atoms with E-state index < -0.39 is 11.6 Å². The number of hydrogen-bond acceptors (Lipinski definition) is 4. The molecule has 2 saturated heterocycles. The van der Waals surface area contributed by atoms with Crippen molar-refractivity contribution < 1.29 is 19.2 Å². The molecule has 0 atom stereocenters. The zero-order valence-corrected chi connectivity index (χ0v) is 21.2. The van der Waals surface area contributed by atoms with Gasteiger partial charge in [0.15, 0.2) is 0 Å². The molecule has 2 aliphatic heterocycles. The highest BCUT2D eigenvalue weighted by molar-refractivity contribution is 6.09. The monoisotopic (exact) mass is 474 g/mol. The normalized spacial score (nSPS) is 28.7. The first kappa shape index (κ1) is 25.0. The topological polar surface area (TPSA) is 90.0 Å². The average Bonchev–Trinajstić information content (AvgIpc) is 3.42. The van der Waals surface area contributed by atoms with E-state index in [9.17, 15) is 19.2 Å². The van der Waals surface area contributed by atoms with Gasteiger partial charge in [-0.1, -0.05) is 40.0 Å². The number of nitrogens with one attached hydrogen (secondary N) is 1. The van der Waals surface area contributed by atoms with Crippen LogP contribution in [0, 0.1) is 17.3 Å². The van der Waals surface area contributed by atoms with Crippen LogP contribution in [-0.2, 0) is 14.4 Å². The first-order chi connectivity index (χ1) is 16.1. The summed E-state index contributed by atoms with van der Waals surface area (Å²) in [6.45, 7) is 8.49. The summed E-state index contributed by atoms with van der Waals surface area (Å²) in [5.41, 5.74) is -0.618. The van der Waals surface area contributed by atoms with Crippen LogP contribution in [0.1, 0.15) is 85.0 Å². The van der Waals surface area contributed by atoms with E-state index >= 15 is 0 Å². The summed E-state index contributed by atoms with van der Waals surface area (Å²) in [7, 11) is 0. The van der Waals surface area contributed by atoms with Crippen molar-refractivity contribution in [3.8, 4) is 0 Å². The Bertz CT molecular complexity index is 804. The zero-order chi connectivity index (χ0) is 24.5. The Morgan fingerprint density at radius 3 is 2.06 bits per heavy atom. The lowest BCUT2D eigenvalue weighted by Crippen LogP contribution is -2.54. The third-order valence-corrected chi connectivity index (χ3v) is 9.32. The van der Waals surface area contributed by atoms with Gasteiger partial charge in [0.05, 0.1) is 0 Å². The number of imide groups is 1. The maximum absolute atomic E-state index is 13.3. The van der Waals surface area contributed by atoms with E-state index in [-0.39, 0.29) is 29.7 Å². The Morgan fingerprint density at radius 2 is 1.50 bits per heavy atom. The molecule has 4 fully saturated rings. The lowest BCUT2D eigenvalue weighted by Gasteiger charge is -2.42. The first-order valence-corrected chi connectivity index (χ1v) is 13.3. The Balaban J connectivity index is 1.27. The molecule has 190 valence electrons. The van der Waals surface area contributed by atoms with Crippen molar-refractivity contribution in [2.75, 3.05) is 32.7 Å². The Kier molecular flexibility index (Phi) is 7.25. The van der Waals surface area contributed by atoms with Crippen LogP contribution in [0.25, 0.3) is 0 Å². The second kappa shape index (κ2) is 9.86. The summed E-state index contributed by atoms with van der Waals surface area (Å²) >= 11 is 0. The van der Waals surface area contributed by atoms with E-state index in [1.165, 1.54) is 12.8 Å². The minimum absolute atomic E-state index is 0.192. The molecule has 2 aliphatic carbocycles. The molecule has 2 heterocycles. The minimum atomic E-state index is -0.844. The summed E-state index contributed by atoms with van der Waals surface area (Å²) in [6, 6.07) is -0.447. The predicted molar refractivity (Wildman–Crippen MR) is 129 cm³/mol. The largest absolute Gasteiger partial charge is 0.339 e. The third kappa shape index (κ3) is 4.96. The summed E-state index contributed by atoms with van der Waals surface area (Å²) in [4.78, 5) is 56.1. The summed E-state index contributed by atoms with van der Waals surface area (Å²) in [5, 5.41) is 2.94. The van der Waals surface area contributed by atoms with Crippen molar-refractivity contribution in [2.24, 2.45) is 17.3 Å². The molecule has 8 heteroatoms. The van der Waals surface area contributed by atoms with Crippen molar-refractivity contribution >= 4 is 23.8 Å². The molecule has 2 saturated carbocycles. The molecule has 0 unspecified atom stereocenters.